The summed E-state index contributed by atoms with van der Waals surface area (Å²) in [6, 6.07) is 23.0. The molecule has 1 N–H and O–H groups in total. The molecule has 8 nitrogen and oxygen atoms in total. The van der Waals surface area contributed by atoms with Crippen molar-refractivity contribution in [2.75, 3.05) is 12.5 Å². The number of methoxy groups -OCH3 is 1. The number of rotatable bonds is 8. The molecule has 9 heteroatoms. The van der Waals surface area contributed by atoms with Crippen molar-refractivity contribution in [2.24, 2.45) is 5.10 Å². The van der Waals surface area contributed by atoms with Crippen LogP contribution < -0.4 is 14.9 Å². The van der Waals surface area contributed by atoms with Gasteiger partial charge in [0.1, 0.15) is 11.5 Å². The Labute approximate surface area is 193 Å². The number of hydrogen-bond acceptors (Lipinski definition) is 9. The summed E-state index contributed by atoms with van der Waals surface area (Å²) in [5, 5.41) is 13.2. The van der Waals surface area contributed by atoms with Crippen LogP contribution in [0.5, 0.6) is 11.5 Å². The molecule has 0 unspecified atom stereocenters. The second-order valence-electron chi connectivity index (χ2n) is 6.92. The van der Waals surface area contributed by atoms with E-state index in [4.69, 9.17) is 13.9 Å². The van der Waals surface area contributed by atoms with Crippen molar-refractivity contribution >= 4 is 32.9 Å². The second-order valence-corrected chi connectivity index (χ2v) is 7.95. The van der Waals surface area contributed by atoms with Crippen LogP contribution in [0, 0.1) is 0 Å². The van der Waals surface area contributed by atoms with Crippen LogP contribution in [0.1, 0.15) is 11.5 Å². The fraction of sp³-hybridized carbons (Fsp3) is 0.0833. The molecule has 0 aliphatic rings. The normalized spacial score (nSPS) is 11.2. The molecule has 5 aromatic rings. The van der Waals surface area contributed by atoms with E-state index in [1.807, 2.05) is 72.8 Å². The zero-order chi connectivity index (χ0) is 22.5. The molecule has 0 aliphatic heterocycles. The monoisotopic (exact) mass is 457 g/mol. The van der Waals surface area contributed by atoms with E-state index in [9.17, 15) is 0 Å². The topological polar surface area (TPSA) is 94.7 Å². The lowest BCUT2D eigenvalue weighted by molar-refractivity contribution is 0.264. The first-order chi connectivity index (χ1) is 16.3. The Morgan fingerprint density at radius 2 is 1.82 bits per heavy atom. The maximum atomic E-state index is 5.76. The molecule has 2 aromatic heterocycles. The van der Waals surface area contributed by atoms with Gasteiger partial charge in [-0.05, 0) is 54.1 Å². The highest BCUT2D eigenvalue weighted by atomic mass is 32.1. The van der Waals surface area contributed by atoms with Crippen molar-refractivity contribution in [2.45, 2.75) is 6.61 Å². The maximum Gasteiger partial charge on any atom is 0.254 e. The summed E-state index contributed by atoms with van der Waals surface area (Å²) < 4.78 is 17.9. The van der Waals surface area contributed by atoms with E-state index in [0.717, 1.165) is 26.5 Å². The minimum absolute atomic E-state index is 0.161. The van der Waals surface area contributed by atoms with Gasteiger partial charge < -0.3 is 13.9 Å². The molecule has 0 fully saturated rings. The third-order valence-corrected chi connectivity index (χ3v) is 5.66. The lowest BCUT2D eigenvalue weighted by Crippen LogP contribution is -1.96. The Hall–Kier alpha value is -4.24. The number of hydrazone groups is 1. The van der Waals surface area contributed by atoms with Crippen molar-refractivity contribution in [3.8, 4) is 23.0 Å². The van der Waals surface area contributed by atoms with Crippen LogP contribution in [0.15, 0.2) is 82.3 Å². The van der Waals surface area contributed by atoms with Crippen LogP contribution in [0.25, 0.3) is 21.7 Å². The van der Waals surface area contributed by atoms with Crippen molar-refractivity contribution in [1.82, 2.24) is 15.2 Å². The first-order valence-electron chi connectivity index (χ1n) is 10.1. The predicted molar refractivity (Wildman–Crippen MR) is 128 cm³/mol. The molecule has 0 saturated heterocycles. The summed E-state index contributed by atoms with van der Waals surface area (Å²) in [5.74, 6) is 2.12. The number of hydrogen-bond donors (Lipinski definition) is 1. The third-order valence-electron chi connectivity index (χ3n) is 4.71. The summed E-state index contributed by atoms with van der Waals surface area (Å²) in [7, 11) is 1.60. The summed E-state index contributed by atoms with van der Waals surface area (Å²) in [6.45, 7) is 0.161. The van der Waals surface area contributed by atoms with Gasteiger partial charge in [0.2, 0.25) is 5.13 Å². The number of thiazole rings is 1. The first kappa shape index (κ1) is 20.7. The van der Waals surface area contributed by atoms with E-state index in [1.165, 1.54) is 0 Å². The molecule has 0 amide bonds. The van der Waals surface area contributed by atoms with E-state index in [0.29, 0.717) is 23.3 Å². The molecule has 33 heavy (non-hydrogen) atoms. The van der Waals surface area contributed by atoms with Crippen molar-refractivity contribution < 1.29 is 13.9 Å². The van der Waals surface area contributed by atoms with Crippen LogP contribution in [-0.2, 0) is 6.61 Å². The van der Waals surface area contributed by atoms with Crippen molar-refractivity contribution in [1.29, 1.82) is 0 Å². The first-order valence-corrected chi connectivity index (χ1v) is 10.9. The predicted octanol–water partition coefficient (Wildman–Crippen LogP) is 5.38. The summed E-state index contributed by atoms with van der Waals surface area (Å²) >= 11 is 1.56. The maximum absolute atomic E-state index is 5.76. The quantitative estimate of drug-likeness (QED) is 0.247. The average Bonchev–Trinajstić information content (AvgIpc) is 3.50. The highest BCUT2D eigenvalue weighted by Gasteiger charge is 2.13. The molecule has 0 atom stereocenters. The van der Waals surface area contributed by atoms with Gasteiger partial charge >= 0.3 is 0 Å². The van der Waals surface area contributed by atoms with Crippen LogP contribution in [0.3, 0.4) is 0 Å². The van der Waals surface area contributed by atoms with Gasteiger partial charge in [0.15, 0.2) is 6.61 Å². The second kappa shape index (κ2) is 9.49. The molecule has 0 saturated carbocycles. The van der Waals surface area contributed by atoms with Gasteiger partial charge in [0, 0.05) is 0 Å². The highest BCUT2D eigenvalue weighted by Crippen LogP contribution is 2.28. The summed E-state index contributed by atoms with van der Waals surface area (Å²) in [5.41, 5.74) is 5.59. The van der Waals surface area contributed by atoms with E-state index >= 15 is 0 Å². The van der Waals surface area contributed by atoms with Gasteiger partial charge in [-0.2, -0.15) is 5.10 Å². The van der Waals surface area contributed by atoms with Gasteiger partial charge in [-0.15, -0.1) is 10.2 Å². The molecular weight excluding hydrogens is 438 g/mol. The lowest BCUT2D eigenvalue weighted by atomic mass is 10.2. The van der Waals surface area contributed by atoms with Crippen molar-refractivity contribution in [3.05, 3.63) is 84.3 Å². The molecule has 3 aromatic carbocycles. The molecule has 0 radical (unpaired) electrons. The lowest BCUT2D eigenvalue weighted by Gasteiger charge is -2.04. The minimum atomic E-state index is 0.161. The number of benzene rings is 3. The smallest absolute Gasteiger partial charge is 0.254 e. The van der Waals surface area contributed by atoms with E-state index in [2.05, 4.69) is 25.7 Å². The Kier molecular flexibility index (Phi) is 5.94. The van der Waals surface area contributed by atoms with Crippen LogP contribution in [0.2, 0.25) is 0 Å². The van der Waals surface area contributed by atoms with Gasteiger partial charge in [0.05, 0.1) is 29.1 Å². The third kappa shape index (κ3) is 4.83. The molecule has 0 aliphatic carbocycles. The summed E-state index contributed by atoms with van der Waals surface area (Å²) in [6.07, 6.45) is 1.73. The van der Waals surface area contributed by atoms with Crippen LogP contribution >= 0.6 is 11.3 Å². The van der Waals surface area contributed by atoms with Crippen LogP contribution in [-0.4, -0.2) is 28.5 Å². The highest BCUT2D eigenvalue weighted by molar-refractivity contribution is 7.22. The van der Waals surface area contributed by atoms with Gasteiger partial charge in [-0.25, -0.2) is 4.98 Å². The standard InChI is InChI=1S/C24H19N5O3S/c1-30-20-8-4-2-6-18(20)23-28-27-22(32-23)15-31-17-12-10-16(11-13-17)14-25-29-24-26-19-7-3-5-9-21(19)33-24/h2-14H,15H2,1H3,(H,26,29)/b25-14+. The Bertz CT molecular complexity index is 1360. The fourth-order valence-corrected chi connectivity index (χ4v) is 3.93. The molecular formula is C24H19N5O3S. The number of fused-ring (bicyclic) bond motifs is 1. The van der Waals surface area contributed by atoms with E-state index in [1.54, 1.807) is 24.7 Å². The van der Waals surface area contributed by atoms with E-state index < -0.39 is 0 Å². The largest absolute Gasteiger partial charge is 0.496 e. The summed E-state index contributed by atoms with van der Waals surface area (Å²) in [4.78, 5) is 4.49. The molecule has 164 valence electrons. The Balaban J connectivity index is 1.16. The number of para-hydroxylation sites is 2. The van der Waals surface area contributed by atoms with Gasteiger partial charge in [0.25, 0.3) is 11.8 Å². The Morgan fingerprint density at radius 3 is 2.67 bits per heavy atom. The molecule has 0 spiro atoms. The number of anilines is 1. The van der Waals surface area contributed by atoms with Crippen LogP contribution in [0.4, 0.5) is 5.13 Å². The number of ether oxygens (including phenoxy) is 2. The average molecular weight is 458 g/mol. The number of aromatic nitrogens is 3. The van der Waals surface area contributed by atoms with E-state index in [-0.39, 0.29) is 6.61 Å². The van der Waals surface area contributed by atoms with Crippen molar-refractivity contribution in [3.63, 3.8) is 0 Å². The zero-order valence-electron chi connectivity index (χ0n) is 17.6. The fourth-order valence-electron chi connectivity index (χ4n) is 3.12. The molecule has 0 bridgehead atoms. The minimum Gasteiger partial charge on any atom is -0.496 e. The zero-order valence-corrected chi connectivity index (χ0v) is 18.5. The SMILES string of the molecule is COc1ccccc1-c1nnc(COc2ccc(/C=N/Nc3nc4ccccc4s3)cc2)o1. The van der Waals surface area contributed by atoms with Gasteiger partial charge in [-0.1, -0.05) is 35.6 Å². The number of nitrogens with zero attached hydrogens (tertiary/aromatic N) is 4. The van der Waals surface area contributed by atoms with Gasteiger partial charge in [-0.3, -0.25) is 5.43 Å². The molecule has 5 rings (SSSR count). The number of nitrogens with one attached hydrogen (secondary N) is 1. The Morgan fingerprint density at radius 1 is 1.00 bits per heavy atom. The molecule has 2 heterocycles.